The quantitative estimate of drug-likeness (QED) is 0.475. The van der Waals surface area contributed by atoms with Crippen LogP contribution in [0.4, 0.5) is 5.69 Å². The highest BCUT2D eigenvalue weighted by Crippen LogP contribution is 2.40. The second-order valence-electron chi connectivity index (χ2n) is 8.79. The van der Waals surface area contributed by atoms with E-state index in [0.717, 1.165) is 42.8 Å². The molecular formula is C23H36ClN3O4S. The zero-order valence-corrected chi connectivity index (χ0v) is 20.9. The summed E-state index contributed by atoms with van der Waals surface area (Å²) in [7, 11) is -1.55. The van der Waals surface area contributed by atoms with Gasteiger partial charge in [-0.2, -0.15) is 0 Å². The third kappa shape index (κ3) is 5.76. The molecule has 1 aromatic rings. The molecule has 0 N–H and O–H groups in total. The molecule has 2 heterocycles. The van der Waals surface area contributed by atoms with E-state index in [1.807, 2.05) is 25.1 Å². The molecule has 0 aliphatic carbocycles. The fraction of sp³-hybridized carbons (Fsp3) is 0.652. The van der Waals surface area contributed by atoms with Gasteiger partial charge in [0.2, 0.25) is 21.8 Å². The average molecular weight is 486 g/mol. The summed E-state index contributed by atoms with van der Waals surface area (Å²) in [6.07, 6.45) is 6.24. The van der Waals surface area contributed by atoms with Crippen molar-refractivity contribution in [3.8, 4) is 0 Å². The van der Waals surface area contributed by atoms with Crippen molar-refractivity contribution in [3.05, 3.63) is 30.3 Å². The molecule has 3 atom stereocenters. The summed E-state index contributed by atoms with van der Waals surface area (Å²) >= 11 is 0. The molecule has 3 rings (SSSR count). The molecule has 2 amide bonds. The Hall–Kier alpha value is -1.80. The van der Waals surface area contributed by atoms with Crippen LogP contribution in [-0.4, -0.2) is 67.9 Å². The molecule has 2 aliphatic heterocycles. The number of rotatable bonds is 10. The van der Waals surface area contributed by atoms with Gasteiger partial charge in [-0.25, -0.2) is 12.7 Å². The van der Waals surface area contributed by atoms with Crippen LogP contribution in [0.1, 0.15) is 51.9 Å². The van der Waals surface area contributed by atoms with E-state index in [-0.39, 0.29) is 30.3 Å². The summed E-state index contributed by atoms with van der Waals surface area (Å²) in [6, 6.07) is 9.52. The Kier molecular flexibility index (Phi) is 9.40. The maximum atomic E-state index is 13.0. The zero-order valence-electron chi connectivity index (χ0n) is 19.3. The van der Waals surface area contributed by atoms with E-state index in [4.69, 9.17) is 0 Å². The maximum Gasteiger partial charge on any atom is 0.241 e. The zero-order chi connectivity index (χ0) is 22.6. The van der Waals surface area contributed by atoms with Gasteiger partial charge in [0.1, 0.15) is 0 Å². The summed E-state index contributed by atoms with van der Waals surface area (Å²) in [5, 5.41) is 0. The Labute approximate surface area is 198 Å². The summed E-state index contributed by atoms with van der Waals surface area (Å²) < 4.78 is 25.5. The summed E-state index contributed by atoms with van der Waals surface area (Å²) in [5.41, 5.74) is 1.19. The van der Waals surface area contributed by atoms with E-state index < -0.39 is 22.0 Å². The average Bonchev–Trinajstić information content (AvgIpc) is 3.26. The lowest BCUT2D eigenvalue weighted by atomic mass is 9.94. The van der Waals surface area contributed by atoms with Crippen molar-refractivity contribution in [2.75, 3.05) is 31.3 Å². The van der Waals surface area contributed by atoms with E-state index in [0.29, 0.717) is 25.8 Å². The minimum atomic E-state index is -3.62. The SMILES string of the molecule is CCC[C@H]1C(=O)N(S(C)(=O)=O)[C@H]2CCN(C(=O)CCCCCN(C)c3ccccc3)[C@H]12.Cl. The molecule has 32 heavy (non-hydrogen) atoms. The number of anilines is 1. The molecule has 180 valence electrons. The minimum Gasteiger partial charge on any atom is -0.375 e. The first-order valence-electron chi connectivity index (χ1n) is 11.3. The summed E-state index contributed by atoms with van der Waals surface area (Å²) in [6.45, 7) is 3.45. The van der Waals surface area contributed by atoms with Gasteiger partial charge in [0, 0.05) is 32.2 Å². The smallest absolute Gasteiger partial charge is 0.241 e. The van der Waals surface area contributed by atoms with Crippen molar-refractivity contribution in [3.63, 3.8) is 0 Å². The number of amides is 2. The molecular weight excluding hydrogens is 450 g/mol. The standard InChI is InChI=1S/C23H35N3O4S.ClH/c1-4-11-19-22-20(26(23(19)28)31(3,29)30)15-17-25(22)21(27)14-9-6-10-16-24(2)18-12-7-5-8-13-18;/h5,7-8,12-13,19-20,22H,4,6,9-11,14-17H2,1-3H3;1H/t19-,20+,22-;/m1./s1. The highest BCUT2D eigenvalue weighted by atomic mass is 35.5. The lowest BCUT2D eigenvalue weighted by molar-refractivity contribution is -0.134. The Morgan fingerprint density at radius 2 is 1.84 bits per heavy atom. The van der Waals surface area contributed by atoms with Gasteiger partial charge in [-0.05, 0) is 37.8 Å². The third-order valence-electron chi connectivity index (χ3n) is 6.53. The number of sulfonamides is 1. The van der Waals surface area contributed by atoms with Gasteiger partial charge in [0.25, 0.3) is 0 Å². The number of unbranched alkanes of at least 4 members (excludes halogenated alkanes) is 2. The van der Waals surface area contributed by atoms with Crippen LogP contribution in [0.15, 0.2) is 30.3 Å². The molecule has 1 aromatic carbocycles. The number of likely N-dealkylation sites (tertiary alicyclic amines) is 1. The second-order valence-corrected chi connectivity index (χ2v) is 10.7. The van der Waals surface area contributed by atoms with Crippen LogP contribution in [0.25, 0.3) is 0 Å². The molecule has 0 unspecified atom stereocenters. The number of halogens is 1. The van der Waals surface area contributed by atoms with Gasteiger partial charge in [-0.1, -0.05) is 38.0 Å². The lowest BCUT2D eigenvalue weighted by Gasteiger charge is -2.27. The monoisotopic (exact) mass is 485 g/mol. The predicted molar refractivity (Wildman–Crippen MR) is 129 cm³/mol. The highest BCUT2D eigenvalue weighted by molar-refractivity contribution is 7.88. The van der Waals surface area contributed by atoms with Crippen LogP contribution in [0, 0.1) is 5.92 Å². The number of carbonyl (C=O) groups excluding carboxylic acids is 2. The number of benzene rings is 1. The molecule has 0 bridgehead atoms. The maximum absolute atomic E-state index is 13.0. The van der Waals surface area contributed by atoms with Crippen molar-refractivity contribution in [1.29, 1.82) is 0 Å². The lowest BCUT2D eigenvalue weighted by Crippen LogP contribution is -2.43. The van der Waals surface area contributed by atoms with Crippen molar-refractivity contribution < 1.29 is 18.0 Å². The number of nitrogens with zero attached hydrogens (tertiary/aromatic N) is 3. The topological polar surface area (TPSA) is 78.0 Å². The van der Waals surface area contributed by atoms with E-state index in [9.17, 15) is 18.0 Å². The molecule has 0 aromatic heterocycles. The Morgan fingerprint density at radius 1 is 1.16 bits per heavy atom. The van der Waals surface area contributed by atoms with Crippen LogP contribution >= 0.6 is 12.4 Å². The van der Waals surface area contributed by atoms with E-state index >= 15 is 0 Å². The molecule has 0 saturated carbocycles. The number of para-hydroxylation sites is 1. The fourth-order valence-electron chi connectivity index (χ4n) is 5.08. The number of hydrogen-bond donors (Lipinski definition) is 0. The Morgan fingerprint density at radius 3 is 2.47 bits per heavy atom. The van der Waals surface area contributed by atoms with Gasteiger partial charge in [0.05, 0.1) is 24.3 Å². The van der Waals surface area contributed by atoms with Gasteiger partial charge in [-0.3, -0.25) is 9.59 Å². The molecule has 2 fully saturated rings. The fourth-order valence-corrected chi connectivity index (χ4v) is 6.26. The van der Waals surface area contributed by atoms with Crippen LogP contribution in [0.3, 0.4) is 0 Å². The van der Waals surface area contributed by atoms with Crippen molar-refractivity contribution >= 4 is 39.9 Å². The second kappa shape index (κ2) is 11.4. The first kappa shape index (κ1) is 26.5. The minimum absolute atomic E-state index is 0. The summed E-state index contributed by atoms with van der Waals surface area (Å²) in [5.74, 6) is -0.690. The van der Waals surface area contributed by atoms with Gasteiger partial charge >= 0.3 is 0 Å². The van der Waals surface area contributed by atoms with E-state index in [1.54, 1.807) is 4.90 Å². The van der Waals surface area contributed by atoms with Crippen molar-refractivity contribution in [2.45, 2.75) is 64.0 Å². The largest absolute Gasteiger partial charge is 0.375 e. The molecule has 7 nitrogen and oxygen atoms in total. The van der Waals surface area contributed by atoms with Gasteiger partial charge < -0.3 is 9.80 Å². The molecule has 2 saturated heterocycles. The van der Waals surface area contributed by atoms with Crippen LogP contribution in [0.2, 0.25) is 0 Å². The Balaban J connectivity index is 0.00000363. The molecule has 0 radical (unpaired) electrons. The van der Waals surface area contributed by atoms with Crippen LogP contribution in [-0.2, 0) is 19.6 Å². The third-order valence-corrected chi connectivity index (χ3v) is 7.69. The van der Waals surface area contributed by atoms with Gasteiger partial charge in [-0.15, -0.1) is 12.4 Å². The molecule has 9 heteroatoms. The number of carbonyl (C=O) groups is 2. The van der Waals surface area contributed by atoms with Crippen LogP contribution < -0.4 is 4.90 Å². The van der Waals surface area contributed by atoms with E-state index in [1.165, 1.54) is 5.69 Å². The highest BCUT2D eigenvalue weighted by Gasteiger charge is 2.56. The molecule has 2 aliphatic rings. The first-order chi connectivity index (χ1) is 14.8. The van der Waals surface area contributed by atoms with Crippen LogP contribution in [0.5, 0.6) is 0 Å². The number of hydrogen-bond acceptors (Lipinski definition) is 5. The van der Waals surface area contributed by atoms with Gasteiger partial charge in [0.15, 0.2) is 0 Å². The van der Waals surface area contributed by atoms with Crippen molar-refractivity contribution in [1.82, 2.24) is 9.21 Å². The molecule has 0 spiro atoms. The predicted octanol–water partition coefficient (Wildman–Crippen LogP) is 3.29. The normalized spacial score (nSPS) is 22.6. The summed E-state index contributed by atoms with van der Waals surface area (Å²) in [4.78, 5) is 29.8. The van der Waals surface area contributed by atoms with Crippen molar-refractivity contribution in [2.24, 2.45) is 5.92 Å². The number of fused-ring (bicyclic) bond motifs is 1. The first-order valence-corrected chi connectivity index (χ1v) is 13.2. The van der Waals surface area contributed by atoms with E-state index in [2.05, 4.69) is 24.1 Å². The Bertz CT molecular complexity index is 880.